The summed E-state index contributed by atoms with van der Waals surface area (Å²) in [4.78, 5) is 22.8. The van der Waals surface area contributed by atoms with Gasteiger partial charge in [-0.3, -0.25) is 0 Å². The Hall–Kier alpha value is 1.66. The van der Waals surface area contributed by atoms with Crippen LogP contribution in [0.4, 0.5) is 0 Å². The second kappa shape index (κ2) is 14.9. The Morgan fingerprint density at radius 3 is 1.46 bits per heavy atom. The van der Waals surface area contributed by atoms with Gasteiger partial charge in [-0.2, -0.15) is 0 Å². The Bertz CT molecular complexity index is 1160. The summed E-state index contributed by atoms with van der Waals surface area (Å²) in [7, 11) is 0. The molecule has 0 amide bonds. The van der Waals surface area contributed by atoms with E-state index in [9.17, 15) is 9.59 Å². The molecule has 0 saturated heterocycles. The number of carbonyl (C=O) groups excluding carboxylic acids is 2. The summed E-state index contributed by atoms with van der Waals surface area (Å²) in [5.74, 6) is -1.03. The van der Waals surface area contributed by atoms with Crippen molar-refractivity contribution >= 4 is 171 Å². The fraction of sp³-hybridized carbons (Fsp3) is 0.143. The van der Waals surface area contributed by atoms with Gasteiger partial charge >= 0.3 is 11.9 Å². The zero-order valence-electron chi connectivity index (χ0n) is 17.2. The monoisotopic (exact) mass is 1120 g/mol. The molecule has 0 aliphatic carbocycles. The molecule has 0 heterocycles. The molecule has 0 atom stereocenters. The van der Waals surface area contributed by atoms with Crippen LogP contribution in [0.2, 0.25) is 0 Å². The van der Waals surface area contributed by atoms with Crippen LogP contribution in [-0.4, -0.2) is 11.9 Å². The van der Waals surface area contributed by atoms with Crippen LogP contribution in [0.3, 0.4) is 0 Å². The van der Waals surface area contributed by atoms with E-state index >= 15 is 0 Å². The number of rotatable bonds is 6. The fourth-order valence-electron chi connectivity index (χ4n) is 1.98. The minimum atomic E-state index is -1.11. The maximum absolute atomic E-state index is 11.6. The van der Waals surface area contributed by atoms with Crippen LogP contribution in [0.15, 0.2) is 75.9 Å². The Balaban J connectivity index is 0.000000351. The van der Waals surface area contributed by atoms with Gasteiger partial charge in [0.05, 0.1) is 0 Å². The molecule has 0 saturated carbocycles. The van der Waals surface area contributed by atoms with Crippen molar-refractivity contribution in [3.63, 3.8) is 0 Å². The first kappa shape index (κ1) is 34.7. The van der Waals surface area contributed by atoms with Gasteiger partial charge in [0.1, 0.15) is 0 Å². The average Bonchev–Trinajstić information content (AvgIpc) is 2.75. The maximum Gasteiger partial charge on any atom is 0.335 e. The van der Waals surface area contributed by atoms with Gasteiger partial charge in [0.2, 0.25) is 6.84 Å². The molecule has 4 nitrogen and oxygen atoms in total. The quantitative estimate of drug-likeness (QED) is 0.125. The molecule has 0 spiro atoms. The minimum absolute atomic E-state index is 0.325. The van der Waals surface area contributed by atoms with E-state index in [4.69, 9.17) is 9.47 Å². The molecule has 2 rings (SSSR count). The highest BCUT2D eigenvalue weighted by Gasteiger charge is 2.34. The van der Waals surface area contributed by atoms with Crippen LogP contribution in [0, 0.1) is 0 Å². The summed E-state index contributed by atoms with van der Waals surface area (Å²) in [6.45, 7) is 8.48. The van der Waals surface area contributed by atoms with E-state index in [2.05, 4.69) is 172 Å². The van der Waals surface area contributed by atoms with E-state index in [1.54, 1.807) is 13.0 Å². The van der Waals surface area contributed by atoms with Crippen molar-refractivity contribution in [3.05, 3.63) is 87.0 Å². The van der Waals surface area contributed by atoms with Gasteiger partial charge in [-0.1, -0.05) is 25.3 Å². The molecule has 0 aliphatic heterocycles. The van der Waals surface area contributed by atoms with E-state index < -0.39 is 18.8 Å². The van der Waals surface area contributed by atoms with Crippen LogP contribution in [0.25, 0.3) is 0 Å². The van der Waals surface area contributed by atoms with Crippen molar-refractivity contribution in [3.8, 4) is 0 Å². The zero-order chi connectivity index (χ0) is 27.3. The summed E-state index contributed by atoms with van der Waals surface area (Å²) < 4.78 is 13.2. The number of carbonyl (C=O) groups is 2. The number of esters is 2. The molecule has 2 aromatic carbocycles. The standard InChI is InChI=1S/C11H7Br5O2.C10H5Br5O2/c1-5(2)10(17)18-11(15,16)6-3-4-7(12)9(14)8(6)13;1-2-7(16)17-10(14,15)5-3-4-6(11)9(13)8(5)12/h3-4H,1H2,2H3;2-4H,1H2. The number of benzene rings is 2. The molecular formula is C21H12Br10O4. The molecule has 0 bridgehead atoms. The molecule has 0 unspecified atom stereocenters. The highest BCUT2D eigenvalue weighted by Crippen LogP contribution is 2.48. The predicted octanol–water partition coefficient (Wildman–Crippen LogP) is 11.6. The smallest absolute Gasteiger partial charge is 0.335 e. The van der Waals surface area contributed by atoms with Gasteiger partial charge in [-0.25, -0.2) is 9.59 Å². The molecule has 190 valence electrons. The van der Waals surface area contributed by atoms with E-state index in [0.717, 1.165) is 32.9 Å². The Labute approximate surface area is 287 Å². The van der Waals surface area contributed by atoms with Crippen molar-refractivity contribution in [2.75, 3.05) is 0 Å². The van der Waals surface area contributed by atoms with E-state index in [0.29, 0.717) is 16.7 Å². The van der Waals surface area contributed by atoms with Gasteiger partial charge in [-0.05, 0) is 178 Å². The lowest BCUT2D eigenvalue weighted by Crippen LogP contribution is -2.20. The van der Waals surface area contributed by atoms with Gasteiger partial charge in [0.15, 0.2) is 0 Å². The summed E-state index contributed by atoms with van der Waals surface area (Å²) in [6, 6.07) is 7.30. The molecule has 14 heteroatoms. The van der Waals surface area contributed by atoms with Crippen LogP contribution in [0.5, 0.6) is 0 Å². The van der Waals surface area contributed by atoms with Crippen molar-refractivity contribution in [2.24, 2.45) is 0 Å². The first-order valence-electron chi connectivity index (χ1n) is 8.74. The fourth-order valence-corrected chi connectivity index (χ4v) is 8.12. The molecule has 0 fully saturated rings. The number of ether oxygens (including phenoxy) is 2. The second-order valence-corrected chi connectivity index (χ2v) is 17.8. The highest BCUT2D eigenvalue weighted by atomic mass is 79.9. The molecule has 0 radical (unpaired) electrons. The van der Waals surface area contributed by atoms with Crippen molar-refractivity contribution in [1.82, 2.24) is 0 Å². The van der Waals surface area contributed by atoms with Gasteiger partial charge < -0.3 is 9.47 Å². The highest BCUT2D eigenvalue weighted by molar-refractivity contribution is 9.25. The Kier molecular flexibility index (Phi) is 14.7. The van der Waals surface area contributed by atoms with Crippen molar-refractivity contribution in [2.45, 2.75) is 13.8 Å². The molecule has 2 aromatic rings. The Morgan fingerprint density at radius 1 is 0.743 bits per heavy atom. The third-order valence-electron chi connectivity index (χ3n) is 3.66. The molecule has 0 aliphatic rings. The summed E-state index contributed by atoms with van der Waals surface area (Å²) >= 11 is 33.7. The van der Waals surface area contributed by atoms with E-state index in [1.165, 1.54) is 0 Å². The van der Waals surface area contributed by atoms with Gasteiger partial charge in [0, 0.05) is 49.6 Å². The maximum atomic E-state index is 11.6. The lowest BCUT2D eigenvalue weighted by molar-refractivity contribution is -0.142. The first-order chi connectivity index (χ1) is 16.0. The summed E-state index contributed by atoms with van der Waals surface area (Å²) in [6.07, 6.45) is 1.10. The number of hydrogen-bond acceptors (Lipinski definition) is 4. The van der Waals surface area contributed by atoms with Crippen LogP contribution < -0.4 is 0 Å². The van der Waals surface area contributed by atoms with Crippen molar-refractivity contribution < 1.29 is 19.1 Å². The normalized spacial score (nSPS) is 11.2. The largest absolute Gasteiger partial charge is 0.429 e. The van der Waals surface area contributed by atoms with E-state index in [1.807, 2.05) is 18.2 Å². The Morgan fingerprint density at radius 2 is 1.11 bits per heavy atom. The number of alkyl halides is 4. The number of halogens is 10. The number of hydrogen-bond donors (Lipinski definition) is 0. The molecule has 35 heavy (non-hydrogen) atoms. The topological polar surface area (TPSA) is 52.6 Å². The minimum Gasteiger partial charge on any atom is -0.429 e. The average molecular weight is 1130 g/mol. The zero-order valence-corrected chi connectivity index (χ0v) is 33.1. The lowest BCUT2D eigenvalue weighted by atomic mass is 10.2. The third-order valence-corrected chi connectivity index (χ3v) is 12.8. The summed E-state index contributed by atoms with van der Waals surface area (Å²) in [5.41, 5.74) is 1.75. The van der Waals surface area contributed by atoms with Crippen LogP contribution >= 0.6 is 159 Å². The third kappa shape index (κ3) is 9.97. The van der Waals surface area contributed by atoms with Crippen LogP contribution in [0.1, 0.15) is 18.1 Å². The SMILES string of the molecule is C=C(C)C(=O)OC(Br)(Br)c1ccc(Br)c(Br)c1Br.C=CC(=O)OC(Br)(Br)c1ccc(Br)c(Br)c1Br. The predicted molar refractivity (Wildman–Crippen MR) is 175 cm³/mol. The van der Waals surface area contributed by atoms with Crippen LogP contribution in [-0.2, 0) is 25.9 Å². The lowest BCUT2D eigenvalue weighted by Gasteiger charge is -2.23. The molecule has 0 aromatic heterocycles. The summed E-state index contributed by atoms with van der Waals surface area (Å²) in [5, 5.41) is 0. The second-order valence-electron chi connectivity index (χ2n) is 6.27. The van der Waals surface area contributed by atoms with Crippen molar-refractivity contribution in [1.29, 1.82) is 0 Å². The van der Waals surface area contributed by atoms with Gasteiger partial charge in [0.25, 0.3) is 0 Å². The van der Waals surface area contributed by atoms with Gasteiger partial charge in [-0.15, -0.1) is 0 Å². The molecular weight excluding hydrogens is 1120 g/mol. The van der Waals surface area contributed by atoms with E-state index in [-0.39, 0.29) is 0 Å². The molecule has 0 N–H and O–H groups in total. The first-order valence-corrected chi connectivity index (χ1v) is 16.7.